The first-order chi connectivity index (χ1) is 7.70. The summed E-state index contributed by atoms with van der Waals surface area (Å²) in [5.74, 6) is 0.184. The SMILES string of the molecule is CC(C)c1cccc(F)c1-c1ccccc1. The Kier molecular flexibility index (Phi) is 3.04. The van der Waals surface area contributed by atoms with E-state index in [4.69, 9.17) is 0 Å². The van der Waals surface area contributed by atoms with Gasteiger partial charge in [0.05, 0.1) is 0 Å². The van der Waals surface area contributed by atoms with E-state index in [0.29, 0.717) is 5.92 Å². The Bertz CT molecular complexity index is 472. The summed E-state index contributed by atoms with van der Waals surface area (Å²) in [5, 5.41) is 0. The van der Waals surface area contributed by atoms with Crippen LogP contribution in [0.5, 0.6) is 0 Å². The van der Waals surface area contributed by atoms with Crippen molar-refractivity contribution in [2.45, 2.75) is 19.8 Å². The second-order valence-electron chi connectivity index (χ2n) is 4.22. The summed E-state index contributed by atoms with van der Waals surface area (Å²) in [4.78, 5) is 0. The molecule has 0 bridgehead atoms. The van der Waals surface area contributed by atoms with Crippen LogP contribution in [0.3, 0.4) is 0 Å². The lowest BCUT2D eigenvalue weighted by Crippen LogP contribution is -1.95. The molecule has 1 heteroatoms. The maximum absolute atomic E-state index is 13.9. The Morgan fingerprint density at radius 2 is 1.56 bits per heavy atom. The first-order valence-corrected chi connectivity index (χ1v) is 5.54. The van der Waals surface area contributed by atoms with Gasteiger partial charge in [0, 0.05) is 5.56 Å². The molecule has 0 aromatic heterocycles. The third-order valence-electron chi connectivity index (χ3n) is 2.73. The maximum Gasteiger partial charge on any atom is 0.131 e. The minimum Gasteiger partial charge on any atom is -0.206 e. The molecule has 0 amide bonds. The van der Waals surface area contributed by atoms with E-state index in [1.54, 1.807) is 6.07 Å². The normalized spacial score (nSPS) is 10.8. The van der Waals surface area contributed by atoms with Crippen LogP contribution in [0.25, 0.3) is 11.1 Å². The topological polar surface area (TPSA) is 0 Å². The van der Waals surface area contributed by atoms with Crippen molar-refractivity contribution in [1.82, 2.24) is 0 Å². The molecule has 2 rings (SSSR count). The molecule has 0 spiro atoms. The summed E-state index contributed by atoms with van der Waals surface area (Å²) in [6.45, 7) is 4.17. The van der Waals surface area contributed by atoms with Gasteiger partial charge in [-0.05, 0) is 23.1 Å². The quantitative estimate of drug-likeness (QED) is 0.684. The lowest BCUT2D eigenvalue weighted by Gasteiger charge is -2.13. The summed E-state index contributed by atoms with van der Waals surface area (Å²) in [6.07, 6.45) is 0. The third-order valence-corrected chi connectivity index (χ3v) is 2.73. The van der Waals surface area contributed by atoms with Gasteiger partial charge >= 0.3 is 0 Å². The molecular formula is C15H15F. The van der Waals surface area contributed by atoms with Gasteiger partial charge < -0.3 is 0 Å². The molecule has 0 saturated carbocycles. The Morgan fingerprint density at radius 3 is 2.19 bits per heavy atom. The number of hydrogen-bond donors (Lipinski definition) is 0. The van der Waals surface area contributed by atoms with Gasteiger partial charge in [-0.25, -0.2) is 4.39 Å². The van der Waals surface area contributed by atoms with E-state index < -0.39 is 0 Å². The van der Waals surface area contributed by atoms with Crippen molar-refractivity contribution in [1.29, 1.82) is 0 Å². The van der Waals surface area contributed by atoms with Crippen LogP contribution in [-0.2, 0) is 0 Å². The number of halogens is 1. The van der Waals surface area contributed by atoms with Gasteiger partial charge in [0.25, 0.3) is 0 Å². The molecule has 16 heavy (non-hydrogen) atoms. The Balaban J connectivity index is 2.64. The molecule has 0 aliphatic carbocycles. The van der Waals surface area contributed by atoms with Gasteiger partial charge in [0.1, 0.15) is 5.82 Å². The molecule has 0 aliphatic heterocycles. The van der Waals surface area contributed by atoms with Crippen molar-refractivity contribution in [2.24, 2.45) is 0 Å². The Morgan fingerprint density at radius 1 is 0.875 bits per heavy atom. The lowest BCUT2D eigenvalue weighted by molar-refractivity contribution is 0.627. The standard InChI is InChI=1S/C15H15F/c1-11(2)13-9-6-10-14(16)15(13)12-7-4-3-5-8-12/h3-11H,1-2H3. The largest absolute Gasteiger partial charge is 0.206 e. The van der Waals surface area contributed by atoms with Gasteiger partial charge in [-0.2, -0.15) is 0 Å². The van der Waals surface area contributed by atoms with Crippen LogP contribution in [0.2, 0.25) is 0 Å². The van der Waals surface area contributed by atoms with Crippen molar-refractivity contribution in [2.75, 3.05) is 0 Å². The molecule has 0 fully saturated rings. The molecule has 0 unspecified atom stereocenters. The summed E-state index contributed by atoms with van der Waals surface area (Å²) < 4.78 is 13.9. The molecule has 0 radical (unpaired) electrons. The highest BCUT2D eigenvalue weighted by atomic mass is 19.1. The first-order valence-electron chi connectivity index (χ1n) is 5.54. The summed E-state index contributed by atoms with van der Waals surface area (Å²) in [7, 11) is 0. The fourth-order valence-electron chi connectivity index (χ4n) is 1.93. The molecule has 0 atom stereocenters. The highest BCUT2D eigenvalue weighted by Crippen LogP contribution is 2.31. The molecular weight excluding hydrogens is 199 g/mol. The number of hydrogen-bond acceptors (Lipinski definition) is 0. The Labute approximate surface area is 95.7 Å². The lowest BCUT2D eigenvalue weighted by atomic mass is 9.92. The van der Waals surface area contributed by atoms with Gasteiger partial charge in [0.2, 0.25) is 0 Å². The predicted molar refractivity (Wildman–Crippen MR) is 65.9 cm³/mol. The molecule has 0 saturated heterocycles. The summed E-state index contributed by atoms with van der Waals surface area (Å²) in [6, 6.07) is 15.0. The molecule has 2 aromatic rings. The molecule has 82 valence electrons. The predicted octanol–water partition coefficient (Wildman–Crippen LogP) is 4.62. The minimum absolute atomic E-state index is 0.141. The van der Waals surface area contributed by atoms with Crippen molar-refractivity contribution in [3.05, 3.63) is 59.9 Å². The zero-order valence-corrected chi connectivity index (χ0v) is 9.57. The van der Waals surface area contributed by atoms with Gasteiger partial charge in [-0.15, -0.1) is 0 Å². The second-order valence-corrected chi connectivity index (χ2v) is 4.22. The van der Waals surface area contributed by atoms with Crippen molar-refractivity contribution >= 4 is 0 Å². The van der Waals surface area contributed by atoms with Crippen molar-refractivity contribution < 1.29 is 4.39 Å². The van der Waals surface area contributed by atoms with Gasteiger partial charge in [-0.3, -0.25) is 0 Å². The van der Waals surface area contributed by atoms with Crippen LogP contribution in [-0.4, -0.2) is 0 Å². The van der Waals surface area contributed by atoms with E-state index in [0.717, 1.165) is 16.7 Å². The van der Waals surface area contributed by atoms with Crippen molar-refractivity contribution in [3.63, 3.8) is 0 Å². The smallest absolute Gasteiger partial charge is 0.131 e. The van der Waals surface area contributed by atoms with Crippen LogP contribution in [0.1, 0.15) is 25.3 Å². The average molecular weight is 214 g/mol. The van der Waals surface area contributed by atoms with Crippen LogP contribution in [0.4, 0.5) is 4.39 Å². The maximum atomic E-state index is 13.9. The minimum atomic E-state index is -0.141. The zero-order chi connectivity index (χ0) is 11.5. The fraction of sp³-hybridized carbons (Fsp3) is 0.200. The molecule has 0 nitrogen and oxygen atoms in total. The second kappa shape index (κ2) is 4.48. The van der Waals surface area contributed by atoms with Gasteiger partial charge in [-0.1, -0.05) is 56.3 Å². The number of rotatable bonds is 2. The number of benzene rings is 2. The monoisotopic (exact) mass is 214 g/mol. The zero-order valence-electron chi connectivity index (χ0n) is 9.57. The molecule has 2 aromatic carbocycles. The Hall–Kier alpha value is -1.63. The van der Waals surface area contributed by atoms with E-state index in [2.05, 4.69) is 13.8 Å². The molecule has 0 heterocycles. The first kappa shape index (κ1) is 10.9. The molecule has 0 N–H and O–H groups in total. The van der Waals surface area contributed by atoms with Crippen LogP contribution in [0.15, 0.2) is 48.5 Å². The van der Waals surface area contributed by atoms with Gasteiger partial charge in [0.15, 0.2) is 0 Å². The summed E-state index contributed by atoms with van der Waals surface area (Å²) >= 11 is 0. The third kappa shape index (κ3) is 1.99. The van der Waals surface area contributed by atoms with E-state index in [1.165, 1.54) is 6.07 Å². The highest BCUT2D eigenvalue weighted by Gasteiger charge is 2.12. The average Bonchev–Trinajstić information content (AvgIpc) is 2.29. The van der Waals surface area contributed by atoms with Crippen LogP contribution < -0.4 is 0 Å². The molecule has 0 aliphatic rings. The summed E-state index contributed by atoms with van der Waals surface area (Å²) in [5.41, 5.74) is 2.74. The van der Waals surface area contributed by atoms with Crippen molar-refractivity contribution in [3.8, 4) is 11.1 Å². The van der Waals surface area contributed by atoms with Crippen LogP contribution >= 0.6 is 0 Å². The van der Waals surface area contributed by atoms with E-state index in [9.17, 15) is 4.39 Å². The fourth-order valence-corrected chi connectivity index (χ4v) is 1.93. The van der Waals surface area contributed by atoms with E-state index in [-0.39, 0.29) is 5.82 Å². The van der Waals surface area contributed by atoms with E-state index >= 15 is 0 Å². The van der Waals surface area contributed by atoms with E-state index in [1.807, 2.05) is 36.4 Å². The highest BCUT2D eigenvalue weighted by molar-refractivity contribution is 5.68. The van der Waals surface area contributed by atoms with Crippen LogP contribution in [0, 0.1) is 5.82 Å².